The summed E-state index contributed by atoms with van der Waals surface area (Å²) < 4.78 is 18.1. The molecular formula is C37H43Cl3N6O4. The van der Waals surface area contributed by atoms with Crippen LogP contribution in [0.5, 0.6) is 23.1 Å². The number of phenolic OH excluding ortho intramolecular Hbond substituents is 1. The first kappa shape index (κ1) is 36.3. The second kappa shape index (κ2) is 17.1. The molecule has 0 unspecified atom stereocenters. The maximum atomic E-state index is 10.1. The number of aromatic nitrogens is 2. The SMILES string of the molecule is COc1cc(CN2CCN(c3cc(-c4cc(Cl)c(O)c(Cl)c4)nnc3OCCc3ccc(Cl)cc3)CC2)ccc1OCCN1CCN(C)CC1. The Bertz CT molecular complexity index is 1710. The monoisotopic (exact) mass is 740 g/mol. The summed E-state index contributed by atoms with van der Waals surface area (Å²) in [5.41, 5.74) is 4.35. The quantitative estimate of drug-likeness (QED) is 0.167. The van der Waals surface area contributed by atoms with Crippen molar-refractivity contribution in [3.05, 3.63) is 86.9 Å². The van der Waals surface area contributed by atoms with Gasteiger partial charge in [-0.15, -0.1) is 10.2 Å². The molecule has 10 nitrogen and oxygen atoms in total. The van der Waals surface area contributed by atoms with Crippen LogP contribution in [0.15, 0.2) is 60.7 Å². The Balaban J connectivity index is 1.10. The summed E-state index contributed by atoms with van der Waals surface area (Å²) in [6.45, 7) is 10.3. The summed E-state index contributed by atoms with van der Waals surface area (Å²) in [5.74, 6) is 1.82. The predicted octanol–water partition coefficient (Wildman–Crippen LogP) is 6.39. The summed E-state index contributed by atoms with van der Waals surface area (Å²) in [5, 5.41) is 20.0. The van der Waals surface area contributed by atoms with Crippen LogP contribution in [0.4, 0.5) is 5.69 Å². The molecule has 50 heavy (non-hydrogen) atoms. The number of phenols is 1. The van der Waals surface area contributed by atoms with Crippen LogP contribution in [0.1, 0.15) is 11.1 Å². The Morgan fingerprint density at radius 1 is 0.720 bits per heavy atom. The fourth-order valence-electron chi connectivity index (χ4n) is 6.16. The van der Waals surface area contributed by atoms with Gasteiger partial charge < -0.3 is 29.1 Å². The van der Waals surface area contributed by atoms with E-state index in [-0.39, 0.29) is 15.8 Å². The van der Waals surface area contributed by atoms with Crippen molar-refractivity contribution in [2.45, 2.75) is 13.0 Å². The Kier molecular flexibility index (Phi) is 12.4. The molecule has 0 radical (unpaired) electrons. The van der Waals surface area contributed by atoms with Crippen molar-refractivity contribution in [3.8, 4) is 34.4 Å². The van der Waals surface area contributed by atoms with Gasteiger partial charge in [-0.25, -0.2) is 0 Å². The first-order chi connectivity index (χ1) is 24.2. The Labute approximate surface area is 309 Å². The number of benzene rings is 3. The molecule has 266 valence electrons. The van der Waals surface area contributed by atoms with Crippen molar-refractivity contribution < 1.29 is 19.3 Å². The lowest BCUT2D eigenvalue weighted by Crippen LogP contribution is -2.46. The van der Waals surface area contributed by atoms with E-state index in [2.05, 4.69) is 49.0 Å². The van der Waals surface area contributed by atoms with E-state index in [0.717, 1.165) is 88.2 Å². The van der Waals surface area contributed by atoms with Gasteiger partial charge in [0, 0.05) is 82.5 Å². The van der Waals surface area contributed by atoms with Gasteiger partial charge in [-0.3, -0.25) is 9.80 Å². The highest BCUT2D eigenvalue weighted by Crippen LogP contribution is 2.38. The maximum absolute atomic E-state index is 10.1. The van der Waals surface area contributed by atoms with Gasteiger partial charge in [-0.1, -0.05) is 53.0 Å². The fourth-order valence-corrected chi connectivity index (χ4v) is 6.77. The predicted molar refractivity (Wildman–Crippen MR) is 200 cm³/mol. The number of halogens is 3. The second-order valence-electron chi connectivity index (χ2n) is 12.7. The number of aromatic hydroxyl groups is 1. The Hall–Kier alpha value is -3.51. The van der Waals surface area contributed by atoms with E-state index in [0.29, 0.717) is 41.8 Å². The van der Waals surface area contributed by atoms with Crippen LogP contribution in [0.25, 0.3) is 11.3 Å². The first-order valence-corrected chi connectivity index (χ1v) is 18.0. The van der Waals surface area contributed by atoms with Gasteiger partial charge >= 0.3 is 0 Å². The minimum Gasteiger partial charge on any atom is -0.505 e. The number of hydrogen-bond donors (Lipinski definition) is 1. The zero-order chi connectivity index (χ0) is 35.0. The zero-order valence-electron chi connectivity index (χ0n) is 28.5. The minimum absolute atomic E-state index is 0.148. The number of anilines is 1. The van der Waals surface area contributed by atoms with Gasteiger partial charge in [0.25, 0.3) is 5.88 Å². The van der Waals surface area contributed by atoms with Gasteiger partial charge in [0.2, 0.25) is 0 Å². The van der Waals surface area contributed by atoms with Gasteiger partial charge in [0.05, 0.1) is 29.5 Å². The van der Waals surface area contributed by atoms with Crippen LogP contribution in [-0.4, -0.2) is 116 Å². The molecule has 2 fully saturated rings. The van der Waals surface area contributed by atoms with E-state index in [4.69, 9.17) is 49.0 Å². The van der Waals surface area contributed by atoms with Crippen molar-refractivity contribution in [2.24, 2.45) is 0 Å². The van der Waals surface area contributed by atoms with E-state index in [9.17, 15) is 5.11 Å². The number of ether oxygens (including phenoxy) is 3. The normalized spacial score (nSPS) is 16.1. The lowest BCUT2D eigenvalue weighted by atomic mass is 10.1. The Morgan fingerprint density at radius 2 is 1.40 bits per heavy atom. The average molecular weight is 742 g/mol. The molecule has 0 saturated carbocycles. The lowest BCUT2D eigenvalue weighted by molar-refractivity contribution is 0.133. The van der Waals surface area contributed by atoms with Crippen LogP contribution >= 0.6 is 34.8 Å². The molecule has 2 aliphatic heterocycles. The molecule has 0 atom stereocenters. The summed E-state index contributed by atoms with van der Waals surface area (Å²) in [6, 6.07) is 19.2. The topological polar surface area (TPSA) is 86.7 Å². The van der Waals surface area contributed by atoms with E-state index in [1.54, 1.807) is 19.2 Å². The minimum atomic E-state index is -0.162. The zero-order valence-corrected chi connectivity index (χ0v) is 30.7. The molecule has 0 amide bonds. The molecular weight excluding hydrogens is 699 g/mol. The van der Waals surface area contributed by atoms with Crippen LogP contribution in [0, 0.1) is 0 Å². The third kappa shape index (κ3) is 9.42. The molecule has 6 rings (SSSR count). The van der Waals surface area contributed by atoms with Gasteiger partial charge in [-0.2, -0.15) is 0 Å². The molecule has 0 spiro atoms. The number of piperazine rings is 2. The summed E-state index contributed by atoms with van der Waals surface area (Å²) in [6.07, 6.45) is 0.695. The number of rotatable bonds is 13. The van der Waals surface area contributed by atoms with E-state index >= 15 is 0 Å². The van der Waals surface area contributed by atoms with Crippen molar-refractivity contribution in [2.75, 3.05) is 91.2 Å². The highest BCUT2D eigenvalue weighted by atomic mass is 35.5. The van der Waals surface area contributed by atoms with Gasteiger partial charge in [0.1, 0.15) is 12.3 Å². The Morgan fingerprint density at radius 3 is 2.10 bits per heavy atom. The number of likely N-dealkylation sites (N-methyl/N-ethyl adjacent to an activating group) is 1. The largest absolute Gasteiger partial charge is 0.505 e. The summed E-state index contributed by atoms with van der Waals surface area (Å²) in [4.78, 5) is 9.50. The van der Waals surface area contributed by atoms with E-state index in [1.165, 1.54) is 5.56 Å². The average Bonchev–Trinajstić information content (AvgIpc) is 3.13. The molecule has 4 aromatic rings. The van der Waals surface area contributed by atoms with Gasteiger partial charge in [0.15, 0.2) is 17.2 Å². The molecule has 3 heterocycles. The maximum Gasteiger partial charge on any atom is 0.257 e. The molecule has 1 N–H and O–H groups in total. The standard InChI is InChI=1S/C37H43Cl3N6O4/c1-43-10-12-44(13-11-43)18-20-49-34-8-5-27(21-35(34)48-2)25-45-14-16-46(17-15-45)33-24-32(28-22-30(39)36(47)31(40)23-28)41-42-37(33)50-19-9-26-3-6-29(38)7-4-26/h3-8,21-24,47H,9-20,25H2,1-2H3. The summed E-state index contributed by atoms with van der Waals surface area (Å²) in [7, 11) is 3.86. The third-order valence-electron chi connectivity index (χ3n) is 9.20. The fraction of sp³-hybridized carbons (Fsp3) is 0.405. The number of hydrogen-bond acceptors (Lipinski definition) is 10. The molecule has 1 aromatic heterocycles. The van der Waals surface area contributed by atoms with Crippen molar-refractivity contribution in [3.63, 3.8) is 0 Å². The first-order valence-electron chi connectivity index (χ1n) is 16.9. The second-order valence-corrected chi connectivity index (χ2v) is 13.9. The smallest absolute Gasteiger partial charge is 0.257 e. The number of nitrogens with zero attached hydrogens (tertiary/aromatic N) is 6. The van der Waals surface area contributed by atoms with Crippen LogP contribution in [-0.2, 0) is 13.0 Å². The molecule has 13 heteroatoms. The molecule has 0 aliphatic carbocycles. The van der Waals surface area contributed by atoms with Crippen LogP contribution in [0.2, 0.25) is 15.1 Å². The van der Waals surface area contributed by atoms with E-state index in [1.807, 2.05) is 36.4 Å². The summed E-state index contributed by atoms with van der Waals surface area (Å²) >= 11 is 18.5. The van der Waals surface area contributed by atoms with Crippen LogP contribution in [0.3, 0.4) is 0 Å². The van der Waals surface area contributed by atoms with E-state index < -0.39 is 0 Å². The molecule has 2 aliphatic rings. The highest BCUT2D eigenvalue weighted by molar-refractivity contribution is 6.37. The van der Waals surface area contributed by atoms with Crippen molar-refractivity contribution >= 4 is 40.5 Å². The van der Waals surface area contributed by atoms with Crippen molar-refractivity contribution in [1.29, 1.82) is 0 Å². The van der Waals surface area contributed by atoms with Crippen molar-refractivity contribution in [1.82, 2.24) is 24.9 Å². The number of methoxy groups -OCH3 is 1. The molecule has 0 bridgehead atoms. The van der Waals surface area contributed by atoms with Gasteiger partial charge in [-0.05, 0) is 60.6 Å². The molecule has 3 aromatic carbocycles. The highest BCUT2D eigenvalue weighted by Gasteiger charge is 2.23. The van der Waals surface area contributed by atoms with Crippen LogP contribution < -0.4 is 19.1 Å². The molecule has 2 saturated heterocycles. The third-order valence-corrected chi connectivity index (χ3v) is 10.0. The lowest BCUT2D eigenvalue weighted by Gasteiger charge is -2.36.